The number of nitrogens with one attached hydrogen (secondary N) is 1. The lowest BCUT2D eigenvalue weighted by Gasteiger charge is -2.05. The summed E-state index contributed by atoms with van der Waals surface area (Å²) in [4.78, 5) is 1.24. The van der Waals surface area contributed by atoms with E-state index in [2.05, 4.69) is 38.6 Å². The highest BCUT2D eigenvalue weighted by molar-refractivity contribution is 7.98. The van der Waals surface area contributed by atoms with Gasteiger partial charge in [-0.25, -0.2) is 4.63 Å². The van der Waals surface area contributed by atoms with E-state index in [1.165, 1.54) is 4.90 Å². The number of hydrogen-bond acceptors (Lipinski definition) is 5. The van der Waals surface area contributed by atoms with Crippen LogP contribution in [0.1, 0.15) is 11.4 Å². The van der Waals surface area contributed by atoms with Crippen molar-refractivity contribution in [3.05, 3.63) is 35.7 Å². The van der Waals surface area contributed by atoms with E-state index in [1.54, 1.807) is 11.8 Å². The highest BCUT2D eigenvalue weighted by Gasteiger charge is 2.04. The predicted octanol–water partition coefficient (Wildman–Crippen LogP) is 2.71. The molecule has 84 valence electrons. The van der Waals surface area contributed by atoms with Crippen LogP contribution in [-0.4, -0.2) is 16.6 Å². The molecule has 2 rings (SSSR count). The Morgan fingerprint density at radius 1 is 1.38 bits per heavy atom. The lowest BCUT2D eigenvalue weighted by molar-refractivity contribution is 0.301. The number of thioether (sulfide) groups is 1. The van der Waals surface area contributed by atoms with Crippen LogP contribution in [0.3, 0.4) is 0 Å². The molecule has 0 aliphatic rings. The van der Waals surface area contributed by atoms with Gasteiger partial charge in [-0.05, 0) is 31.4 Å². The van der Waals surface area contributed by atoms with Gasteiger partial charge in [0, 0.05) is 10.6 Å². The van der Waals surface area contributed by atoms with E-state index in [-0.39, 0.29) is 0 Å². The molecule has 0 radical (unpaired) electrons. The maximum atomic E-state index is 4.63. The van der Waals surface area contributed by atoms with Crippen molar-refractivity contribution in [2.24, 2.45) is 0 Å². The third-order valence-electron chi connectivity index (χ3n) is 2.28. The van der Waals surface area contributed by atoms with Crippen LogP contribution in [0.2, 0.25) is 0 Å². The monoisotopic (exact) mass is 235 g/mol. The maximum Gasteiger partial charge on any atom is 0.127 e. The lowest BCUT2D eigenvalue weighted by Crippen LogP contribution is -2.01. The normalized spacial score (nSPS) is 10.4. The Balaban J connectivity index is 2.02. The van der Waals surface area contributed by atoms with Crippen LogP contribution in [-0.2, 0) is 6.54 Å². The number of rotatable bonds is 4. The smallest absolute Gasteiger partial charge is 0.127 e. The maximum absolute atomic E-state index is 4.63. The standard InChI is InChI=1S/C11H13N3OS/c1-8-11(14-15-13-8)7-12-9-4-3-5-10(6-9)16-2/h3-6,12H,7H2,1-2H3. The third kappa shape index (κ3) is 2.55. The molecule has 1 aromatic carbocycles. The molecule has 0 amide bonds. The summed E-state index contributed by atoms with van der Waals surface area (Å²) >= 11 is 1.72. The van der Waals surface area contributed by atoms with Crippen LogP contribution in [0.25, 0.3) is 0 Å². The first-order valence-electron chi connectivity index (χ1n) is 4.95. The summed E-state index contributed by atoms with van der Waals surface area (Å²) in [7, 11) is 0. The first-order chi connectivity index (χ1) is 7.79. The SMILES string of the molecule is CSc1cccc(NCc2nonc2C)c1. The largest absolute Gasteiger partial charge is 0.379 e. The van der Waals surface area contributed by atoms with Gasteiger partial charge in [0.15, 0.2) is 0 Å². The second-order valence-corrected chi connectivity index (χ2v) is 4.26. The summed E-state index contributed by atoms with van der Waals surface area (Å²) in [5, 5.41) is 10.8. The average Bonchev–Trinajstić information content (AvgIpc) is 2.72. The minimum absolute atomic E-state index is 0.632. The fraction of sp³-hybridized carbons (Fsp3) is 0.273. The minimum Gasteiger partial charge on any atom is -0.379 e. The molecule has 0 spiro atoms. The summed E-state index contributed by atoms with van der Waals surface area (Å²) in [5.41, 5.74) is 2.75. The lowest BCUT2D eigenvalue weighted by atomic mass is 10.3. The van der Waals surface area contributed by atoms with Crippen molar-refractivity contribution in [3.63, 3.8) is 0 Å². The molecule has 4 nitrogen and oxygen atoms in total. The van der Waals surface area contributed by atoms with Gasteiger partial charge in [0.1, 0.15) is 11.4 Å². The fourth-order valence-corrected chi connectivity index (χ4v) is 1.79. The minimum atomic E-state index is 0.632. The molecule has 16 heavy (non-hydrogen) atoms. The number of nitrogens with zero attached hydrogens (tertiary/aromatic N) is 2. The first kappa shape index (κ1) is 11.0. The Hall–Kier alpha value is -1.49. The zero-order valence-electron chi connectivity index (χ0n) is 9.23. The molecule has 0 aliphatic carbocycles. The van der Waals surface area contributed by atoms with Crippen molar-refractivity contribution in [1.82, 2.24) is 10.3 Å². The van der Waals surface area contributed by atoms with Crippen LogP contribution in [0.4, 0.5) is 5.69 Å². The van der Waals surface area contributed by atoms with Crippen LogP contribution in [0, 0.1) is 6.92 Å². The van der Waals surface area contributed by atoms with E-state index in [4.69, 9.17) is 0 Å². The Bertz CT molecular complexity index is 470. The van der Waals surface area contributed by atoms with Gasteiger partial charge >= 0.3 is 0 Å². The van der Waals surface area contributed by atoms with Crippen molar-refractivity contribution < 1.29 is 4.63 Å². The van der Waals surface area contributed by atoms with Gasteiger partial charge in [0.05, 0.1) is 6.54 Å². The Morgan fingerprint density at radius 2 is 2.25 bits per heavy atom. The van der Waals surface area contributed by atoms with Crippen molar-refractivity contribution in [2.45, 2.75) is 18.4 Å². The number of aromatic nitrogens is 2. The number of anilines is 1. The van der Waals surface area contributed by atoms with E-state index in [0.717, 1.165) is 17.1 Å². The van der Waals surface area contributed by atoms with Gasteiger partial charge < -0.3 is 5.32 Å². The summed E-state index contributed by atoms with van der Waals surface area (Å²) in [6.07, 6.45) is 2.06. The van der Waals surface area contributed by atoms with Crippen LogP contribution < -0.4 is 5.32 Å². The van der Waals surface area contributed by atoms with Gasteiger partial charge in [-0.1, -0.05) is 16.4 Å². The van der Waals surface area contributed by atoms with Gasteiger partial charge in [-0.2, -0.15) is 0 Å². The molecule has 0 bridgehead atoms. The second-order valence-electron chi connectivity index (χ2n) is 3.38. The molecule has 0 fully saturated rings. The zero-order valence-corrected chi connectivity index (χ0v) is 10.0. The van der Waals surface area contributed by atoms with Crippen LogP contribution in [0.15, 0.2) is 33.8 Å². The van der Waals surface area contributed by atoms with Crippen molar-refractivity contribution in [2.75, 3.05) is 11.6 Å². The second kappa shape index (κ2) is 5.03. The van der Waals surface area contributed by atoms with Gasteiger partial charge in [-0.3, -0.25) is 0 Å². The molecule has 0 atom stereocenters. The highest BCUT2D eigenvalue weighted by Crippen LogP contribution is 2.19. The van der Waals surface area contributed by atoms with Crippen molar-refractivity contribution in [1.29, 1.82) is 0 Å². The van der Waals surface area contributed by atoms with Gasteiger partial charge in [0.2, 0.25) is 0 Å². The predicted molar refractivity (Wildman–Crippen MR) is 64.6 cm³/mol. The van der Waals surface area contributed by atoms with E-state index < -0.39 is 0 Å². The average molecular weight is 235 g/mol. The molecule has 5 heteroatoms. The van der Waals surface area contributed by atoms with E-state index >= 15 is 0 Å². The first-order valence-corrected chi connectivity index (χ1v) is 6.18. The molecule has 0 unspecified atom stereocenters. The zero-order chi connectivity index (χ0) is 11.4. The molecule has 1 aromatic heterocycles. The number of benzene rings is 1. The molecule has 0 aliphatic heterocycles. The Morgan fingerprint density at radius 3 is 2.94 bits per heavy atom. The quantitative estimate of drug-likeness (QED) is 0.826. The van der Waals surface area contributed by atoms with E-state index in [1.807, 2.05) is 19.1 Å². The molecule has 0 saturated carbocycles. The topological polar surface area (TPSA) is 51.0 Å². The summed E-state index contributed by atoms with van der Waals surface area (Å²) < 4.78 is 4.63. The highest BCUT2D eigenvalue weighted by atomic mass is 32.2. The summed E-state index contributed by atoms with van der Waals surface area (Å²) in [6.45, 7) is 2.51. The van der Waals surface area contributed by atoms with Crippen LogP contribution in [0.5, 0.6) is 0 Å². The van der Waals surface area contributed by atoms with Gasteiger partial charge in [-0.15, -0.1) is 11.8 Å². The van der Waals surface area contributed by atoms with E-state index in [9.17, 15) is 0 Å². The Kier molecular flexibility index (Phi) is 3.46. The summed E-state index contributed by atoms with van der Waals surface area (Å²) in [5.74, 6) is 0. The molecule has 1 N–H and O–H groups in total. The van der Waals surface area contributed by atoms with Gasteiger partial charge in [0.25, 0.3) is 0 Å². The third-order valence-corrected chi connectivity index (χ3v) is 3.00. The summed E-state index contributed by atoms with van der Waals surface area (Å²) in [6, 6.07) is 8.25. The fourth-order valence-electron chi connectivity index (χ4n) is 1.33. The van der Waals surface area contributed by atoms with E-state index in [0.29, 0.717) is 6.54 Å². The molecule has 1 heterocycles. The van der Waals surface area contributed by atoms with Crippen molar-refractivity contribution in [3.8, 4) is 0 Å². The number of aryl methyl sites for hydroxylation is 1. The molecule has 0 saturated heterocycles. The molecule has 2 aromatic rings. The van der Waals surface area contributed by atoms with Crippen LogP contribution >= 0.6 is 11.8 Å². The van der Waals surface area contributed by atoms with Crippen molar-refractivity contribution >= 4 is 17.4 Å². The Labute approximate surface area is 98.4 Å². The molecular formula is C11H13N3OS. The number of hydrogen-bond donors (Lipinski definition) is 1. The molecular weight excluding hydrogens is 222 g/mol.